The Morgan fingerprint density at radius 1 is 0.306 bits per heavy atom. The molecule has 10 aromatic rings. The van der Waals surface area contributed by atoms with E-state index in [4.69, 9.17) is 7.58 Å². The maximum atomic E-state index is 7.65. The molecule has 0 atom stereocenters. The van der Waals surface area contributed by atoms with Crippen molar-refractivity contribution < 1.29 is 7.58 Å². The van der Waals surface area contributed by atoms with E-state index in [0.29, 0.717) is 0 Å². The van der Waals surface area contributed by atoms with E-state index in [1.807, 2.05) is 0 Å². The van der Waals surface area contributed by atoms with Gasteiger partial charge in [-0.05, 0) is 68.8 Å². The van der Waals surface area contributed by atoms with Gasteiger partial charge in [0.15, 0.2) is 16.1 Å². The topological polar surface area (TPSA) is 18.5 Å². The Balaban J connectivity index is 1.36. The second-order valence-electron chi connectivity index (χ2n) is 16.2. The first kappa shape index (κ1) is 38.2. The van der Waals surface area contributed by atoms with Crippen LogP contribution in [0.25, 0.3) is 32.7 Å². The Bertz CT molecular complexity index is 2770. The average molecular weight is 843 g/mol. The van der Waals surface area contributed by atoms with Crippen LogP contribution in [0.5, 0.6) is 11.5 Å². The molecule has 0 bridgehead atoms. The van der Waals surface area contributed by atoms with Crippen LogP contribution >= 0.6 is 0 Å². The van der Waals surface area contributed by atoms with Gasteiger partial charge in [-0.15, -0.1) is 0 Å². The van der Waals surface area contributed by atoms with Crippen molar-refractivity contribution in [1.82, 2.24) is 0 Å². The molecule has 0 aromatic heterocycles. The van der Waals surface area contributed by atoms with E-state index < -0.39 is 31.0 Å². The van der Waals surface area contributed by atoms with Crippen LogP contribution in [0, 0.1) is 0 Å². The second kappa shape index (κ2) is 16.0. The van der Waals surface area contributed by atoms with Gasteiger partial charge in [0.25, 0.3) is 0 Å². The van der Waals surface area contributed by atoms with Gasteiger partial charge in [-0.2, -0.15) is 0 Å². The second-order valence-corrected chi connectivity index (χ2v) is 25.3. The zero-order chi connectivity index (χ0) is 41.5. The summed E-state index contributed by atoms with van der Waals surface area (Å²) < 4.78 is 15.3. The molecule has 5 heteroatoms. The third-order valence-electron chi connectivity index (χ3n) is 12.9. The standard InChI is InChI=1S/C56H42O2Si2.CH3.Al/c57-55-51(59(43-25-7-1-8-26-43,44-27-9-2-10-28-44)45-29-11-3-12-30-45)39-41-23-19-21-37-49(41)53(55)54-50-38-22-20-24-42(50)40-52(56(54)58)60(46-31-13-4-14-32-46,47-33-15-5-16-34-47)48-35-17-6-18-36-48;;/h1-40,57-58H;1H3;/q;;+2/p-2. The Kier molecular flexibility index (Phi) is 9.84. The van der Waals surface area contributed by atoms with Crippen molar-refractivity contribution >= 4 is 94.0 Å². The molecule has 10 aromatic carbocycles. The molecule has 2 nitrogen and oxygen atoms in total. The van der Waals surface area contributed by atoms with Crippen LogP contribution in [-0.4, -0.2) is 31.0 Å². The molecule has 0 N–H and O–H groups in total. The molecule has 0 fully saturated rings. The van der Waals surface area contributed by atoms with E-state index >= 15 is 0 Å². The smallest absolute Gasteiger partial charge is 0.612 e. The minimum absolute atomic E-state index is 0.943. The van der Waals surface area contributed by atoms with Gasteiger partial charge in [-0.1, -0.05) is 243 Å². The fourth-order valence-corrected chi connectivity index (χ4v) is 21.6. The summed E-state index contributed by atoms with van der Waals surface area (Å²) in [4.78, 5) is 0. The summed E-state index contributed by atoms with van der Waals surface area (Å²) >= 11 is -2.49. The van der Waals surface area contributed by atoms with Gasteiger partial charge in [-0.25, -0.2) is 0 Å². The summed E-state index contributed by atoms with van der Waals surface area (Å²) in [6, 6.07) is 89.9. The summed E-state index contributed by atoms with van der Waals surface area (Å²) in [6.45, 7) is 0. The van der Waals surface area contributed by atoms with Crippen LogP contribution in [0.15, 0.2) is 243 Å². The SMILES string of the molecule is [CH3][Al]1[O]c2c([Si](c3ccccc3)(c3ccccc3)c3ccccc3)cc3ccccc3c2-c2c(c([Si](c3ccccc3)(c3ccccc3)c3ccccc3)cc3ccccc23)[O]1. The fourth-order valence-electron chi connectivity index (χ4n) is 10.4. The molecule has 1 heterocycles. The van der Waals surface area contributed by atoms with Gasteiger partial charge in [0.2, 0.25) is 0 Å². The molecule has 0 saturated heterocycles. The lowest BCUT2D eigenvalue weighted by atomic mass is 9.92. The minimum atomic E-state index is -3.09. The van der Waals surface area contributed by atoms with Crippen LogP contribution in [0.1, 0.15) is 0 Å². The molecule has 11 rings (SSSR count). The molecule has 0 unspecified atom stereocenters. The molecule has 1 aliphatic rings. The number of hydrogen-bond acceptors (Lipinski definition) is 2. The zero-order valence-corrected chi connectivity index (χ0v) is 37.6. The van der Waals surface area contributed by atoms with Crippen LogP contribution < -0.4 is 49.1 Å². The Morgan fingerprint density at radius 3 is 0.823 bits per heavy atom. The molecule has 1 aliphatic heterocycles. The Morgan fingerprint density at radius 2 is 0.548 bits per heavy atom. The summed E-state index contributed by atoms with van der Waals surface area (Å²) in [5, 5.41) is 15.0. The molecule has 0 saturated carbocycles. The monoisotopic (exact) mass is 842 g/mol. The van der Waals surface area contributed by atoms with E-state index in [1.54, 1.807) is 0 Å². The van der Waals surface area contributed by atoms with Crippen LogP contribution in [0.4, 0.5) is 0 Å². The predicted octanol–water partition coefficient (Wildman–Crippen LogP) is 8.30. The molecule has 62 heavy (non-hydrogen) atoms. The van der Waals surface area contributed by atoms with E-state index in [0.717, 1.165) is 33.4 Å². The van der Waals surface area contributed by atoms with Crippen molar-refractivity contribution in [3.8, 4) is 22.6 Å². The van der Waals surface area contributed by atoms with Crippen molar-refractivity contribution in [3.05, 3.63) is 243 Å². The summed E-state index contributed by atoms with van der Waals surface area (Å²) in [7, 11) is -6.19. The number of rotatable bonds is 8. The Labute approximate surface area is 370 Å². The van der Waals surface area contributed by atoms with Gasteiger partial charge in [0.05, 0.1) is 11.5 Å². The fraction of sp³-hybridized carbons (Fsp3) is 0.0175. The highest BCUT2D eigenvalue weighted by Gasteiger charge is 2.49. The maximum absolute atomic E-state index is 7.65. The highest BCUT2D eigenvalue weighted by atomic mass is 28.3. The molecular weight excluding hydrogens is 800 g/mol. The van der Waals surface area contributed by atoms with E-state index in [2.05, 4.69) is 248 Å². The van der Waals surface area contributed by atoms with Crippen LogP contribution in [0.2, 0.25) is 5.79 Å². The van der Waals surface area contributed by atoms with E-state index in [1.165, 1.54) is 52.3 Å². The van der Waals surface area contributed by atoms with Crippen molar-refractivity contribution in [3.63, 3.8) is 0 Å². The van der Waals surface area contributed by atoms with E-state index in [-0.39, 0.29) is 0 Å². The van der Waals surface area contributed by atoms with Crippen molar-refractivity contribution in [2.24, 2.45) is 0 Å². The van der Waals surface area contributed by atoms with Gasteiger partial charge in [0.1, 0.15) is 0 Å². The summed E-state index contributed by atoms with van der Waals surface area (Å²) in [5.41, 5.74) is 2.22. The third-order valence-corrected chi connectivity index (χ3v) is 23.6. The minimum Gasteiger partial charge on any atom is -0.612 e. The summed E-state index contributed by atoms with van der Waals surface area (Å²) in [5.74, 6) is 4.10. The van der Waals surface area contributed by atoms with Crippen LogP contribution in [-0.2, 0) is 0 Å². The first-order valence-electron chi connectivity index (χ1n) is 21.5. The first-order valence-corrected chi connectivity index (χ1v) is 27.6. The first-order chi connectivity index (χ1) is 30.7. The quantitative estimate of drug-likeness (QED) is 0.113. The average Bonchev–Trinajstić information content (AvgIpc) is 3.51. The molecule has 0 amide bonds. The molecule has 0 radical (unpaired) electrons. The number of benzene rings is 10. The van der Waals surface area contributed by atoms with Gasteiger partial charge in [-0.3, -0.25) is 0 Å². The third kappa shape index (κ3) is 6.04. The molecule has 0 aliphatic carbocycles. The normalized spacial score (nSPS) is 12.5. The lowest BCUT2D eigenvalue weighted by Crippen LogP contribution is -2.75. The predicted molar refractivity (Wildman–Crippen MR) is 267 cm³/mol. The highest BCUT2D eigenvalue weighted by molar-refractivity contribution is 7.21. The highest BCUT2D eigenvalue weighted by Crippen LogP contribution is 2.47. The van der Waals surface area contributed by atoms with Crippen molar-refractivity contribution in [1.29, 1.82) is 0 Å². The van der Waals surface area contributed by atoms with Gasteiger partial charge in [0, 0.05) is 11.1 Å². The van der Waals surface area contributed by atoms with Crippen LogP contribution in [0.3, 0.4) is 0 Å². The van der Waals surface area contributed by atoms with E-state index in [9.17, 15) is 0 Å². The van der Waals surface area contributed by atoms with Crippen molar-refractivity contribution in [2.45, 2.75) is 5.79 Å². The maximum Gasteiger partial charge on any atom is 0.853 e. The van der Waals surface area contributed by atoms with Gasteiger partial charge < -0.3 is 7.58 Å². The largest absolute Gasteiger partial charge is 0.853 e. The van der Waals surface area contributed by atoms with Gasteiger partial charge >= 0.3 is 14.8 Å². The summed E-state index contributed by atoms with van der Waals surface area (Å²) in [6.07, 6.45) is 0. The molecule has 0 spiro atoms. The lowest BCUT2D eigenvalue weighted by molar-refractivity contribution is 0.443. The molecular formula is C57H43AlO2Si2. The number of hydrogen-bond donors (Lipinski definition) is 0. The lowest BCUT2D eigenvalue weighted by Gasteiger charge is -2.37. The molecule has 294 valence electrons. The number of fused-ring (bicyclic) bond motifs is 7. The van der Waals surface area contributed by atoms with Crippen molar-refractivity contribution in [2.75, 3.05) is 0 Å². The zero-order valence-electron chi connectivity index (χ0n) is 34.5. The Hall–Kier alpha value is -6.71.